The first kappa shape index (κ1) is 14.6. The van der Waals surface area contributed by atoms with E-state index in [9.17, 15) is 4.79 Å². The molecule has 0 saturated heterocycles. The fraction of sp³-hybridized carbons (Fsp3) is 0.562. The highest BCUT2D eigenvalue weighted by Crippen LogP contribution is 2.33. The lowest BCUT2D eigenvalue weighted by molar-refractivity contribution is -0.130. The molecule has 3 heteroatoms. The summed E-state index contributed by atoms with van der Waals surface area (Å²) in [6.45, 7) is 0.923. The summed E-state index contributed by atoms with van der Waals surface area (Å²) in [4.78, 5) is 14.6. The van der Waals surface area contributed by atoms with Crippen LogP contribution < -0.4 is 0 Å². The number of aryl methyl sites for hydroxylation is 1. The fourth-order valence-corrected chi connectivity index (χ4v) is 3.63. The van der Waals surface area contributed by atoms with Gasteiger partial charge in [-0.3, -0.25) is 4.79 Å². The minimum absolute atomic E-state index is 0.286. The van der Waals surface area contributed by atoms with Crippen molar-refractivity contribution in [1.82, 2.24) is 4.90 Å². The zero-order valence-electron chi connectivity index (χ0n) is 11.5. The lowest BCUT2D eigenvalue weighted by Crippen LogP contribution is -2.37. The first-order valence-electron chi connectivity index (χ1n) is 7.07. The van der Waals surface area contributed by atoms with Gasteiger partial charge in [0.1, 0.15) is 0 Å². The molecule has 0 spiro atoms. The van der Waals surface area contributed by atoms with Crippen molar-refractivity contribution in [2.75, 3.05) is 13.6 Å². The van der Waals surface area contributed by atoms with Crippen molar-refractivity contribution >= 4 is 21.8 Å². The van der Waals surface area contributed by atoms with Gasteiger partial charge in [0.2, 0.25) is 5.91 Å². The van der Waals surface area contributed by atoms with Crippen LogP contribution in [0.2, 0.25) is 0 Å². The number of hydrogen-bond donors (Lipinski definition) is 0. The molecule has 1 aromatic carbocycles. The minimum atomic E-state index is 0.286. The lowest BCUT2D eigenvalue weighted by atomic mass is 9.85. The highest BCUT2D eigenvalue weighted by molar-refractivity contribution is 9.09. The van der Waals surface area contributed by atoms with E-state index in [2.05, 4.69) is 40.2 Å². The zero-order chi connectivity index (χ0) is 13.7. The summed E-state index contributed by atoms with van der Waals surface area (Å²) in [5, 5.41) is 0. The number of hydrogen-bond acceptors (Lipinski definition) is 1. The summed E-state index contributed by atoms with van der Waals surface area (Å²) in [6.07, 6.45) is 5.02. The van der Waals surface area contributed by atoms with Crippen molar-refractivity contribution in [2.45, 2.75) is 36.9 Å². The number of nitrogens with zero attached hydrogens (tertiary/aromatic N) is 1. The van der Waals surface area contributed by atoms with Crippen molar-refractivity contribution in [2.24, 2.45) is 5.92 Å². The third kappa shape index (κ3) is 4.64. The molecule has 0 aliphatic heterocycles. The van der Waals surface area contributed by atoms with Crippen LogP contribution in [0.25, 0.3) is 0 Å². The Morgan fingerprint density at radius 1 is 1.32 bits per heavy atom. The molecule has 1 fully saturated rings. The summed E-state index contributed by atoms with van der Waals surface area (Å²) >= 11 is 3.59. The van der Waals surface area contributed by atoms with Crippen LogP contribution in [0.15, 0.2) is 30.3 Å². The maximum absolute atomic E-state index is 12.0. The summed E-state index contributed by atoms with van der Waals surface area (Å²) < 4.78 is 0. The van der Waals surface area contributed by atoms with E-state index in [1.807, 2.05) is 18.0 Å². The van der Waals surface area contributed by atoms with E-state index in [0.717, 1.165) is 19.4 Å². The second-order valence-electron chi connectivity index (χ2n) is 5.55. The monoisotopic (exact) mass is 323 g/mol. The van der Waals surface area contributed by atoms with E-state index in [1.165, 1.54) is 18.4 Å². The van der Waals surface area contributed by atoms with Gasteiger partial charge in [0, 0.05) is 24.8 Å². The molecule has 0 heterocycles. The van der Waals surface area contributed by atoms with E-state index in [1.54, 1.807) is 0 Å². The van der Waals surface area contributed by atoms with Crippen LogP contribution in [-0.4, -0.2) is 29.2 Å². The predicted octanol–water partition coefficient (Wildman–Crippen LogP) is 3.64. The van der Waals surface area contributed by atoms with Gasteiger partial charge < -0.3 is 4.90 Å². The van der Waals surface area contributed by atoms with E-state index in [0.29, 0.717) is 17.2 Å². The van der Waals surface area contributed by atoms with Crippen LogP contribution in [0, 0.1) is 5.92 Å². The minimum Gasteiger partial charge on any atom is -0.345 e. The average Bonchev–Trinajstić information content (AvgIpc) is 2.38. The Bertz CT molecular complexity index is 400. The number of carbonyl (C=O) groups is 1. The van der Waals surface area contributed by atoms with Crippen molar-refractivity contribution in [1.29, 1.82) is 0 Å². The largest absolute Gasteiger partial charge is 0.345 e. The molecule has 0 bridgehead atoms. The molecule has 2 rings (SSSR count). The average molecular weight is 324 g/mol. The van der Waals surface area contributed by atoms with Gasteiger partial charge in [0.25, 0.3) is 0 Å². The van der Waals surface area contributed by atoms with Gasteiger partial charge in [0.05, 0.1) is 0 Å². The van der Waals surface area contributed by atoms with Crippen molar-refractivity contribution in [3.63, 3.8) is 0 Å². The SMILES string of the molecule is CN(CC1CC(Br)C1)C(=O)CCCc1ccccc1. The van der Waals surface area contributed by atoms with Crippen LogP contribution in [0.1, 0.15) is 31.2 Å². The van der Waals surface area contributed by atoms with Crippen molar-refractivity contribution in [3.05, 3.63) is 35.9 Å². The maximum Gasteiger partial charge on any atom is 0.222 e. The molecule has 1 aromatic rings. The third-order valence-corrected chi connectivity index (χ3v) is 4.58. The quantitative estimate of drug-likeness (QED) is 0.732. The number of alkyl halides is 1. The second-order valence-corrected chi connectivity index (χ2v) is 6.84. The first-order chi connectivity index (χ1) is 9.15. The highest BCUT2D eigenvalue weighted by atomic mass is 79.9. The Kier molecular flexibility index (Phi) is 5.44. The number of carbonyl (C=O) groups excluding carboxylic acids is 1. The van der Waals surface area contributed by atoms with Crippen LogP contribution >= 0.6 is 15.9 Å². The number of amides is 1. The Morgan fingerprint density at radius 3 is 2.63 bits per heavy atom. The maximum atomic E-state index is 12.0. The smallest absolute Gasteiger partial charge is 0.222 e. The van der Waals surface area contributed by atoms with E-state index in [4.69, 9.17) is 0 Å². The Balaban J connectivity index is 1.63. The standard InChI is InChI=1S/C16H22BrNO/c1-18(12-14-10-15(17)11-14)16(19)9-5-8-13-6-3-2-4-7-13/h2-4,6-7,14-15H,5,8-12H2,1H3. The molecule has 1 aliphatic rings. The molecule has 0 aromatic heterocycles. The molecule has 0 unspecified atom stereocenters. The Morgan fingerprint density at radius 2 is 2.00 bits per heavy atom. The predicted molar refractivity (Wildman–Crippen MR) is 82.5 cm³/mol. The zero-order valence-corrected chi connectivity index (χ0v) is 13.1. The van der Waals surface area contributed by atoms with Crippen LogP contribution in [0.5, 0.6) is 0 Å². The summed E-state index contributed by atoms with van der Waals surface area (Å²) in [5.74, 6) is 0.987. The number of benzene rings is 1. The van der Waals surface area contributed by atoms with Gasteiger partial charge in [0.15, 0.2) is 0 Å². The van der Waals surface area contributed by atoms with Crippen molar-refractivity contribution < 1.29 is 4.79 Å². The highest BCUT2D eigenvalue weighted by Gasteiger charge is 2.28. The first-order valence-corrected chi connectivity index (χ1v) is 7.98. The molecule has 0 atom stereocenters. The topological polar surface area (TPSA) is 20.3 Å². The van der Waals surface area contributed by atoms with Crippen LogP contribution in [0.3, 0.4) is 0 Å². The van der Waals surface area contributed by atoms with Gasteiger partial charge in [-0.05, 0) is 37.2 Å². The molecule has 0 radical (unpaired) electrons. The van der Waals surface area contributed by atoms with Crippen LogP contribution in [-0.2, 0) is 11.2 Å². The molecule has 0 N–H and O–H groups in total. The number of halogens is 1. The van der Waals surface area contributed by atoms with Crippen LogP contribution in [0.4, 0.5) is 0 Å². The Hall–Kier alpha value is -0.830. The molecular weight excluding hydrogens is 302 g/mol. The number of rotatable bonds is 6. The van der Waals surface area contributed by atoms with E-state index in [-0.39, 0.29) is 5.91 Å². The van der Waals surface area contributed by atoms with Gasteiger partial charge >= 0.3 is 0 Å². The third-order valence-electron chi connectivity index (χ3n) is 3.83. The van der Waals surface area contributed by atoms with Crippen molar-refractivity contribution in [3.8, 4) is 0 Å². The van der Waals surface area contributed by atoms with Gasteiger partial charge in [-0.2, -0.15) is 0 Å². The van der Waals surface area contributed by atoms with Gasteiger partial charge in [-0.15, -0.1) is 0 Å². The molecule has 19 heavy (non-hydrogen) atoms. The normalized spacial score (nSPS) is 21.8. The van der Waals surface area contributed by atoms with E-state index >= 15 is 0 Å². The molecule has 1 amide bonds. The van der Waals surface area contributed by atoms with Gasteiger partial charge in [-0.25, -0.2) is 0 Å². The lowest BCUT2D eigenvalue weighted by Gasteiger charge is -2.34. The molecule has 1 saturated carbocycles. The summed E-state index contributed by atoms with van der Waals surface area (Å²) in [5.41, 5.74) is 1.32. The van der Waals surface area contributed by atoms with E-state index < -0.39 is 0 Å². The summed E-state index contributed by atoms with van der Waals surface area (Å²) in [7, 11) is 1.94. The summed E-state index contributed by atoms with van der Waals surface area (Å²) in [6, 6.07) is 10.4. The van der Waals surface area contributed by atoms with Gasteiger partial charge in [-0.1, -0.05) is 46.3 Å². The molecule has 104 valence electrons. The molecule has 2 nitrogen and oxygen atoms in total. The molecule has 1 aliphatic carbocycles. The second kappa shape index (κ2) is 7.09. The fourth-order valence-electron chi connectivity index (χ4n) is 2.57. The molecular formula is C16H22BrNO. The Labute approximate surface area is 124 Å².